The van der Waals surface area contributed by atoms with Crippen molar-refractivity contribution >= 4 is 28.3 Å². The summed E-state index contributed by atoms with van der Waals surface area (Å²) in [5, 5.41) is 11.7. The third-order valence-corrected chi connectivity index (χ3v) is 4.41. The van der Waals surface area contributed by atoms with Crippen LogP contribution in [0.25, 0.3) is 22.3 Å². The maximum atomic E-state index is 10.2. The second-order valence-corrected chi connectivity index (χ2v) is 6.53. The Labute approximate surface area is 152 Å². The predicted octanol–water partition coefficient (Wildman–Crippen LogP) is 3.83. The van der Waals surface area contributed by atoms with Gasteiger partial charge in [-0.1, -0.05) is 30.7 Å². The summed E-state index contributed by atoms with van der Waals surface area (Å²) in [5.41, 5.74) is 7.42. The monoisotopic (exact) mass is 356 g/mol. The highest BCUT2D eigenvalue weighted by molar-refractivity contribution is 6.30. The maximum Gasteiger partial charge on any atom is 0.165 e. The van der Waals surface area contributed by atoms with E-state index in [9.17, 15) is 5.11 Å². The van der Waals surface area contributed by atoms with Crippen molar-refractivity contribution < 1.29 is 5.11 Å². The lowest BCUT2D eigenvalue weighted by Crippen LogP contribution is -2.35. The maximum absolute atomic E-state index is 10.2. The van der Waals surface area contributed by atoms with Crippen LogP contribution < -0.4 is 10.6 Å². The minimum absolute atomic E-state index is 0.0572. The molecule has 0 spiro atoms. The molecule has 0 aliphatic rings. The van der Waals surface area contributed by atoms with Crippen molar-refractivity contribution in [3.8, 4) is 17.1 Å². The highest BCUT2D eigenvalue weighted by atomic mass is 35.5. The third kappa shape index (κ3) is 3.67. The van der Waals surface area contributed by atoms with Crippen LogP contribution in [0.3, 0.4) is 0 Å². The number of likely N-dealkylation sites (N-methyl/N-ethyl adjacent to an activating group) is 1. The normalized spacial score (nSPS) is 12.3. The van der Waals surface area contributed by atoms with Gasteiger partial charge < -0.3 is 15.7 Å². The van der Waals surface area contributed by atoms with Crippen LogP contribution in [0.4, 0.5) is 5.82 Å². The zero-order chi connectivity index (χ0) is 18.0. The fourth-order valence-electron chi connectivity index (χ4n) is 2.73. The van der Waals surface area contributed by atoms with E-state index in [-0.39, 0.29) is 11.8 Å². The van der Waals surface area contributed by atoms with Gasteiger partial charge in [0.1, 0.15) is 11.6 Å². The summed E-state index contributed by atoms with van der Waals surface area (Å²) < 4.78 is 0. The van der Waals surface area contributed by atoms with Gasteiger partial charge in [-0.3, -0.25) is 0 Å². The first kappa shape index (κ1) is 17.5. The van der Waals surface area contributed by atoms with Gasteiger partial charge in [0.25, 0.3) is 0 Å². The summed E-state index contributed by atoms with van der Waals surface area (Å²) in [4.78, 5) is 11.3. The average molecular weight is 357 g/mol. The molecule has 0 saturated heterocycles. The summed E-state index contributed by atoms with van der Waals surface area (Å²) in [6.07, 6.45) is 0.884. The minimum Gasteiger partial charge on any atom is -0.507 e. The Bertz CT molecular complexity index is 900. The lowest BCUT2D eigenvalue weighted by molar-refractivity contribution is 0.477. The number of para-hydroxylation sites is 1. The van der Waals surface area contributed by atoms with Crippen LogP contribution >= 0.6 is 11.6 Å². The fraction of sp³-hybridized carbons (Fsp3) is 0.263. The summed E-state index contributed by atoms with van der Waals surface area (Å²) in [6.45, 7) is 2.74. The highest BCUT2D eigenvalue weighted by Gasteiger charge is 2.16. The number of rotatable bonds is 5. The van der Waals surface area contributed by atoms with Crippen LogP contribution in [-0.2, 0) is 0 Å². The van der Waals surface area contributed by atoms with E-state index in [1.54, 1.807) is 18.2 Å². The smallest absolute Gasteiger partial charge is 0.165 e. The van der Waals surface area contributed by atoms with E-state index < -0.39 is 0 Å². The van der Waals surface area contributed by atoms with Crippen LogP contribution in [0, 0.1) is 0 Å². The first-order valence-electron chi connectivity index (χ1n) is 8.22. The number of aromatic hydroxyl groups is 1. The zero-order valence-corrected chi connectivity index (χ0v) is 15.0. The summed E-state index contributed by atoms with van der Waals surface area (Å²) >= 11 is 6.08. The van der Waals surface area contributed by atoms with Gasteiger partial charge in [-0.2, -0.15) is 0 Å². The average Bonchev–Trinajstić information content (AvgIpc) is 2.62. The molecule has 0 bridgehead atoms. The number of aromatic nitrogens is 2. The second-order valence-electron chi connectivity index (χ2n) is 6.10. The van der Waals surface area contributed by atoms with Gasteiger partial charge >= 0.3 is 0 Å². The van der Waals surface area contributed by atoms with Crippen molar-refractivity contribution in [1.29, 1.82) is 0 Å². The van der Waals surface area contributed by atoms with E-state index >= 15 is 0 Å². The van der Waals surface area contributed by atoms with Crippen molar-refractivity contribution in [2.24, 2.45) is 5.73 Å². The van der Waals surface area contributed by atoms with Gasteiger partial charge in [0.2, 0.25) is 0 Å². The number of fused-ring (bicyclic) bond motifs is 1. The molecule has 0 aliphatic heterocycles. The molecule has 0 saturated carbocycles. The van der Waals surface area contributed by atoms with Gasteiger partial charge in [-0.25, -0.2) is 9.97 Å². The lowest BCUT2D eigenvalue weighted by atomic mass is 10.1. The largest absolute Gasteiger partial charge is 0.507 e. The standard InChI is InChI=1S/C19H21ClN4O/c1-3-13(21)11-24(2)19-14-6-4-5-7-16(14)22-18(23-19)15-10-12(20)8-9-17(15)25/h4-10,13,25H,3,11,21H2,1-2H3/t13-/m1/s1. The molecule has 5 nitrogen and oxygen atoms in total. The highest BCUT2D eigenvalue weighted by Crippen LogP contribution is 2.33. The summed E-state index contributed by atoms with van der Waals surface area (Å²) in [6, 6.07) is 12.7. The molecule has 1 atom stereocenters. The van der Waals surface area contributed by atoms with Gasteiger partial charge in [0, 0.05) is 30.0 Å². The molecule has 0 amide bonds. The van der Waals surface area contributed by atoms with Gasteiger partial charge in [-0.15, -0.1) is 0 Å². The number of halogens is 1. The molecule has 3 aromatic rings. The summed E-state index contributed by atoms with van der Waals surface area (Å²) in [7, 11) is 1.96. The fourth-order valence-corrected chi connectivity index (χ4v) is 2.90. The Morgan fingerprint density at radius 1 is 1.20 bits per heavy atom. The number of hydrogen-bond donors (Lipinski definition) is 2. The quantitative estimate of drug-likeness (QED) is 0.726. The van der Waals surface area contributed by atoms with Crippen LogP contribution in [0.1, 0.15) is 13.3 Å². The Kier molecular flexibility index (Phi) is 5.06. The third-order valence-electron chi connectivity index (χ3n) is 4.18. The van der Waals surface area contributed by atoms with Crippen LogP contribution in [0.5, 0.6) is 5.75 Å². The second kappa shape index (κ2) is 7.25. The number of phenols is 1. The molecule has 0 fully saturated rings. The molecule has 0 unspecified atom stereocenters. The minimum atomic E-state index is 0.0572. The molecular weight excluding hydrogens is 336 g/mol. The first-order valence-corrected chi connectivity index (χ1v) is 8.59. The van der Waals surface area contributed by atoms with E-state index in [0.717, 1.165) is 23.1 Å². The van der Waals surface area contributed by atoms with Gasteiger partial charge in [-0.05, 0) is 36.8 Å². The molecule has 2 aromatic carbocycles. The molecule has 1 aromatic heterocycles. The molecule has 3 N–H and O–H groups in total. The van der Waals surface area contributed by atoms with E-state index in [0.29, 0.717) is 23.0 Å². The van der Waals surface area contributed by atoms with E-state index in [4.69, 9.17) is 22.3 Å². The molecule has 0 aliphatic carbocycles. The van der Waals surface area contributed by atoms with Crippen LogP contribution in [0.2, 0.25) is 5.02 Å². The molecule has 6 heteroatoms. The van der Waals surface area contributed by atoms with E-state index in [1.165, 1.54) is 0 Å². The molecule has 25 heavy (non-hydrogen) atoms. The zero-order valence-electron chi connectivity index (χ0n) is 14.3. The predicted molar refractivity (Wildman–Crippen MR) is 103 cm³/mol. The number of nitrogens with two attached hydrogens (primary N) is 1. The number of benzene rings is 2. The van der Waals surface area contributed by atoms with E-state index in [1.807, 2.05) is 36.2 Å². The van der Waals surface area contributed by atoms with Crippen molar-refractivity contribution in [3.63, 3.8) is 0 Å². The van der Waals surface area contributed by atoms with Crippen molar-refractivity contribution in [2.45, 2.75) is 19.4 Å². The lowest BCUT2D eigenvalue weighted by Gasteiger charge is -2.23. The molecule has 1 heterocycles. The first-order chi connectivity index (χ1) is 12.0. The Morgan fingerprint density at radius 2 is 1.96 bits per heavy atom. The van der Waals surface area contributed by atoms with Gasteiger partial charge in [0.15, 0.2) is 5.82 Å². The SMILES string of the molecule is CC[C@@H](N)CN(C)c1nc(-c2cc(Cl)ccc2O)nc2ccccc12. The Balaban J connectivity index is 2.17. The molecule has 130 valence electrons. The van der Waals surface area contributed by atoms with E-state index in [2.05, 4.69) is 11.9 Å². The van der Waals surface area contributed by atoms with Gasteiger partial charge in [0.05, 0.1) is 11.1 Å². The molecule has 0 radical (unpaired) electrons. The number of phenolic OH excluding ortho intramolecular Hbond substituents is 1. The van der Waals surface area contributed by atoms with Crippen LogP contribution in [0.15, 0.2) is 42.5 Å². The van der Waals surface area contributed by atoms with Crippen molar-refractivity contribution in [1.82, 2.24) is 9.97 Å². The number of nitrogens with zero attached hydrogens (tertiary/aromatic N) is 3. The molecule has 3 rings (SSSR count). The molecular formula is C19H21ClN4O. The summed E-state index contributed by atoms with van der Waals surface area (Å²) in [5.74, 6) is 1.31. The van der Waals surface area contributed by atoms with Crippen molar-refractivity contribution in [3.05, 3.63) is 47.5 Å². The Hall–Kier alpha value is -2.37. The number of hydrogen-bond acceptors (Lipinski definition) is 5. The topological polar surface area (TPSA) is 75.3 Å². The van der Waals surface area contributed by atoms with Crippen molar-refractivity contribution in [2.75, 3.05) is 18.5 Å². The Morgan fingerprint density at radius 3 is 2.72 bits per heavy atom. The number of anilines is 1. The van der Waals surface area contributed by atoms with Crippen LogP contribution in [-0.4, -0.2) is 34.7 Å².